The van der Waals surface area contributed by atoms with Gasteiger partial charge in [-0.15, -0.1) is 0 Å². The number of furan rings is 1. The molecule has 3 aromatic rings. The van der Waals surface area contributed by atoms with Crippen molar-refractivity contribution in [1.82, 2.24) is 19.8 Å². The van der Waals surface area contributed by atoms with Crippen molar-refractivity contribution in [2.24, 2.45) is 0 Å². The van der Waals surface area contributed by atoms with Crippen LogP contribution in [0.25, 0.3) is 0 Å². The van der Waals surface area contributed by atoms with E-state index in [4.69, 9.17) is 4.42 Å². The maximum absolute atomic E-state index is 13.5. The number of hydrogen-bond acceptors (Lipinski definition) is 6. The first-order valence-electron chi connectivity index (χ1n) is 10.4. The van der Waals surface area contributed by atoms with E-state index < -0.39 is 5.92 Å². The van der Waals surface area contributed by atoms with E-state index in [1.807, 2.05) is 35.2 Å². The first-order chi connectivity index (χ1) is 15.2. The zero-order valence-corrected chi connectivity index (χ0v) is 17.1. The topological polar surface area (TPSA) is 82.8 Å². The van der Waals surface area contributed by atoms with Crippen LogP contribution in [0.3, 0.4) is 0 Å². The number of pyridine rings is 2. The molecule has 0 aliphatic carbocycles. The van der Waals surface area contributed by atoms with Gasteiger partial charge in [0.15, 0.2) is 5.76 Å². The Morgan fingerprint density at radius 3 is 2.48 bits per heavy atom. The standard InChI is InChI=1S/C23H23N5O3/c29-22(27-12-10-26(11-13-27)20-7-1-2-8-24-20)18-16-28(23(30)19-6-4-14-31-19)15-17-5-3-9-25-21(17)18/h1-9,14,18H,10-13,15-16H2. The second kappa shape index (κ2) is 8.22. The van der Waals surface area contributed by atoms with E-state index in [-0.39, 0.29) is 17.6 Å². The molecule has 2 amide bonds. The molecule has 8 nitrogen and oxygen atoms in total. The Labute approximate surface area is 180 Å². The molecule has 5 rings (SSSR count). The monoisotopic (exact) mass is 417 g/mol. The van der Waals surface area contributed by atoms with Gasteiger partial charge in [0.25, 0.3) is 5.91 Å². The summed E-state index contributed by atoms with van der Waals surface area (Å²) in [6, 6.07) is 13.0. The summed E-state index contributed by atoms with van der Waals surface area (Å²) >= 11 is 0. The zero-order chi connectivity index (χ0) is 21.2. The predicted molar refractivity (Wildman–Crippen MR) is 113 cm³/mol. The highest BCUT2D eigenvalue weighted by molar-refractivity contribution is 5.93. The van der Waals surface area contributed by atoms with Gasteiger partial charge in [-0.2, -0.15) is 0 Å². The number of aromatic nitrogens is 2. The van der Waals surface area contributed by atoms with Crippen LogP contribution < -0.4 is 4.90 Å². The highest BCUT2D eigenvalue weighted by Crippen LogP contribution is 2.30. The first kappa shape index (κ1) is 19.3. The Kier molecular flexibility index (Phi) is 5.11. The molecule has 2 aliphatic rings. The van der Waals surface area contributed by atoms with Crippen LogP contribution in [0, 0.1) is 0 Å². The van der Waals surface area contributed by atoms with Crippen LogP contribution in [-0.4, -0.2) is 64.3 Å². The average molecular weight is 417 g/mol. The number of amides is 2. The highest BCUT2D eigenvalue weighted by Gasteiger charge is 2.37. The lowest BCUT2D eigenvalue weighted by molar-refractivity contribution is -0.133. The van der Waals surface area contributed by atoms with Gasteiger partial charge in [-0.05, 0) is 35.9 Å². The molecular weight excluding hydrogens is 394 g/mol. The van der Waals surface area contributed by atoms with E-state index in [0.717, 1.165) is 30.2 Å². The third-order valence-corrected chi connectivity index (χ3v) is 5.90. The van der Waals surface area contributed by atoms with Gasteiger partial charge < -0.3 is 19.1 Å². The van der Waals surface area contributed by atoms with Crippen molar-refractivity contribution in [2.45, 2.75) is 12.5 Å². The Morgan fingerprint density at radius 2 is 1.74 bits per heavy atom. The van der Waals surface area contributed by atoms with Crippen LogP contribution in [0.4, 0.5) is 5.82 Å². The number of nitrogens with zero attached hydrogens (tertiary/aromatic N) is 5. The molecule has 1 fully saturated rings. The molecule has 0 N–H and O–H groups in total. The van der Waals surface area contributed by atoms with Gasteiger partial charge in [-0.3, -0.25) is 14.6 Å². The lowest BCUT2D eigenvalue weighted by atomic mass is 9.93. The fourth-order valence-electron chi connectivity index (χ4n) is 4.30. The van der Waals surface area contributed by atoms with E-state index in [0.29, 0.717) is 26.2 Å². The lowest BCUT2D eigenvalue weighted by Crippen LogP contribution is -2.52. The van der Waals surface area contributed by atoms with E-state index >= 15 is 0 Å². The maximum Gasteiger partial charge on any atom is 0.289 e. The number of fused-ring (bicyclic) bond motifs is 1. The highest BCUT2D eigenvalue weighted by atomic mass is 16.3. The number of carbonyl (C=O) groups is 2. The van der Waals surface area contributed by atoms with E-state index in [9.17, 15) is 9.59 Å². The Hall–Kier alpha value is -3.68. The smallest absolute Gasteiger partial charge is 0.289 e. The maximum atomic E-state index is 13.5. The molecule has 5 heterocycles. The zero-order valence-electron chi connectivity index (χ0n) is 17.1. The quantitative estimate of drug-likeness (QED) is 0.650. The minimum Gasteiger partial charge on any atom is -0.459 e. The van der Waals surface area contributed by atoms with Gasteiger partial charge in [0.05, 0.1) is 17.9 Å². The van der Waals surface area contributed by atoms with E-state index in [2.05, 4.69) is 14.9 Å². The summed E-state index contributed by atoms with van der Waals surface area (Å²) in [5, 5.41) is 0. The summed E-state index contributed by atoms with van der Waals surface area (Å²) in [5.41, 5.74) is 1.67. The molecule has 1 saturated heterocycles. The summed E-state index contributed by atoms with van der Waals surface area (Å²) in [4.78, 5) is 41.0. The summed E-state index contributed by atoms with van der Waals surface area (Å²) in [6.07, 6.45) is 4.97. The van der Waals surface area contributed by atoms with Crippen molar-refractivity contribution in [1.29, 1.82) is 0 Å². The summed E-state index contributed by atoms with van der Waals surface area (Å²) in [5.74, 6) is 0.525. The molecule has 0 radical (unpaired) electrons. The average Bonchev–Trinajstić information content (AvgIpc) is 3.38. The molecular formula is C23H23N5O3. The molecule has 1 unspecified atom stereocenters. The third kappa shape index (κ3) is 3.76. The molecule has 3 aromatic heterocycles. The molecule has 0 spiro atoms. The number of carbonyl (C=O) groups excluding carboxylic acids is 2. The van der Waals surface area contributed by atoms with Crippen LogP contribution >= 0.6 is 0 Å². The molecule has 0 saturated carbocycles. The fourth-order valence-corrected chi connectivity index (χ4v) is 4.30. The molecule has 158 valence electrons. The number of rotatable bonds is 3. The normalized spacial score (nSPS) is 18.6. The van der Waals surface area contributed by atoms with Crippen LogP contribution in [0.1, 0.15) is 27.7 Å². The Morgan fingerprint density at radius 1 is 0.903 bits per heavy atom. The van der Waals surface area contributed by atoms with Gasteiger partial charge in [0.1, 0.15) is 5.82 Å². The van der Waals surface area contributed by atoms with Crippen molar-refractivity contribution in [2.75, 3.05) is 37.6 Å². The van der Waals surface area contributed by atoms with Gasteiger partial charge in [0, 0.05) is 51.7 Å². The number of hydrogen-bond donors (Lipinski definition) is 0. The summed E-state index contributed by atoms with van der Waals surface area (Å²) in [6.45, 7) is 3.38. The molecule has 31 heavy (non-hydrogen) atoms. The minimum atomic E-state index is -0.481. The third-order valence-electron chi connectivity index (χ3n) is 5.90. The number of anilines is 1. The van der Waals surface area contributed by atoms with Crippen molar-refractivity contribution < 1.29 is 14.0 Å². The molecule has 1 atom stereocenters. The van der Waals surface area contributed by atoms with Crippen LogP contribution in [0.5, 0.6) is 0 Å². The van der Waals surface area contributed by atoms with Crippen molar-refractivity contribution in [3.63, 3.8) is 0 Å². The summed E-state index contributed by atoms with van der Waals surface area (Å²) in [7, 11) is 0. The fraction of sp³-hybridized carbons (Fsp3) is 0.304. The van der Waals surface area contributed by atoms with Crippen LogP contribution in [0.15, 0.2) is 65.5 Å². The first-order valence-corrected chi connectivity index (χ1v) is 10.4. The Bertz CT molecular complexity index is 1060. The van der Waals surface area contributed by atoms with Crippen LogP contribution in [-0.2, 0) is 11.3 Å². The van der Waals surface area contributed by atoms with Gasteiger partial charge >= 0.3 is 0 Å². The second-order valence-corrected chi connectivity index (χ2v) is 7.76. The molecule has 0 aromatic carbocycles. The SMILES string of the molecule is O=C(c1ccco1)N1Cc2cccnc2C(C(=O)N2CCN(c3ccccn3)CC2)C1. The summed E-state index contributed by atoms with van der Waals surface area (Å²) < 4.78 is 5.29. The largest absolute Gasteiger partial charge is 0.459 e. The van der Waals surface area contributed by atoms with Crippen molar-refractivity contribution >= 4 is 17.6 Å². The van der Waals surface area contributed by atoms with Gasteiger partial charge in [-0.1, -0.05) is 12.1 Å². The van der Waals surface area contributed by atoms with E-state index in [1.54, 1.807) is 29.4 Å². The lowest BCUT2D eigenvalue weighted by Gasteiger charge is -2.39. The Balaban J connectivity index is 1.33. The predicted octanol–water partition coefficient (Wildman–Crippen LogP) is 2.16. The molecule has 2 aliphatic heterocycles. The van der Waals surface area contributed by atoms with Crippen molar-refractivity contribution in [3.8, 4) is 0 Å². The second-order valence-electron chi connectivity index (χ2n) is 7.76. The molecule has 8 heteroatoms. The van der Waals surface area contributed by atoms with Crippen molar-refractivity contribution in [3.05, 3.63) is 78.1 Å². The minimum absolute atomic E-state index is 0.0116. The number of piperazine rings is 1. The van der Waals surface area contributed by atoms with Gasteiger partial charge in [0.2, 0.25) is 5.91 Å². The van der Waals surface area contributed by atoms with E-state index in [1.165, 1.54) is 6.26 Å². The molecule has 0 bridgehead atoms. The van der Waals surface area contributed by atoms with Gasteiger partial charge in [-0.25, -0.2) is 4.98 Å². The van der Waals surface area contributed by atoms with Crippen LogP contribution in [0.2, 0.25) is 0 Å².